The molecule has 1 rings (SSSR count). The molecule has 0 aliphatic rings. The fourth-order valence-corrected chi connectivity index (χ4v) is 1.71. The molecule has 0 aliphatic carbocycles. The minimum Gasteiger partial charge on any atom is -0.465 e. The van der Waals surface area contributed by atoms with Crippen molar-refractivity contribution in [2.75, 3.05) is 6.61 Å². The number of unbranched alkanes of at least 4 members (excludes halogenated alkanes) is 1. The quantitative estimate of drug-likeness (QED) is 0.613. The first-order valence-corrected chi connectivity index (χ1v) is 6.20. The molecule has 1 atom stereocenters. The number of nitrogens with two attached hydrogens (primary N) is 1. The smallest absolute Gasteiger partial charge is 0.322 e. The SMILES string of the molecule is CCOC(=O)C(N)CCCCc1ccccc1.Cl. The van der Waals surface area contributed by atoms with E-state index in [9.17, 15) is 4.79 Å². The zero-order valence-corrected chi connectivity index (χ0v) is 11.6. The van der Waals surface area contributed by atoms with Gasteiger partial charge in [0.15, 0.2) is 0 Å². The van der Waals surface area contributed by atoms with Crippen molar-refractivity contribution in [2.45, 2.75) is 38.6 Å². The van der Waals surface area contributed by atoms with Gasteiger partial charge in [0.2, 0.25) is 0 Å². The Bertz CT molecular complexity index is 330. The number of esters is 1. The summed E-state index contributed by atoms with van der Waals surface area (Å²) in [5.74, 6) is -0.285. The Morgan fingerprint density at radius 2 is 1.94 bits per heavy atom. The van der Waals surface area contributed by atoms with Crippen LogP contribution < -0.4 is 5.73 Å². The summed E-state index contributed by atoms with van der Waals surface area (Å²) in [6.45, 7) is 2.19. The molecule has 0 radical (unpaired) electrons. The Balaban J connectivity index is 0.00000289. The maximum absolute atomic E-state index is 11.3. The van der Waals surface area contributed by atoms with Gasteiger partial charge in [0.25, 0.3) is 0 Å². The first-order chi connectivity index (χ1) is 8.24. The lowest BCUT2D eigenvalue weighted by molar-refractivity contribution is -0.144. The summed E-state index contributed by atoms with van der Waals surface area (Å²) in [5, 5.41) is 0. The molecule has 0 spiro atoms. The van der Waals surface area contributed by atoms with Crippen molar-refractivity contribution in [3.63, 3.8) is 0 Å². The van der Waals surface area contributed by atoms with Crippen LogP contribution in [0.4, 0.5) is 0 Å². The van der Waals surface area contributed by atoms with Crippen molar-refractivity contribution in [3.05, 3.63) is 35.9 Å². The van der Waals surface area contributed by atoms with Crippen LogP contribution in [0.15, 0.2) is 30.3 Å². The molecule has 0 aromatic heterocycles. The Hall–Kier alpha value is -1.06. The molecule has 102 valence electrons. The predicted octanol–water partition coefficient (Wildman–Crippen LogP) is 2.71. The van der Waals surface area contributed by atoms with Gasteiger partial charge in [-0.25, -0.2) is 0 Å². The van der Waals surface area contributed by atoms with E-state index in [4.69, 9.17) is 10.5 Å². The number of hydrogen-bond acceptors (Lipinski definition) is 3. The van der Waals surface area contributed by atoms with Crippen molar-refractivity contribution in [3.8, 4) is 0 Å². The molecule has 3 nitrogen and oxygen atoms in total. The lowest BCUT2D eigenvalue weighted by atomic mass is 10.0. The second kappa shape index (κ2) is 9.92. The van der Waals surface area contributed by atoms with E-state index in [-0.39, 0.29) is 18.4 Å². The van der Waals surface area contributed by atoms with E-state index in [1.165, 1.54) is 5.56 Å². The molecule has 1 unspecified atom stereocenters. The summed E-state index contributed by atoms with van der Waals surface area (Å²) in [4.78, 5) is 11.3. The monoisotopic (exact) mass is 271 g/mol. The second-order valence-corrected chi connectivity index (χ2v) is 4.09. The number of hydrogen-bond donors (Lipinski definition) is 1. The van der Waals surface area contributed by atoms with Crippen molar-refractivity contribution in [1.29, 1.82) is 0 Å². The molecule has 1 aromatic carbocycles. The Kier molecular flexibility index (Phi) is 9.33. The van der Waals surface area contributed by atoms with Crippen molar-refractivity contribution in [1.82, 2.24) is 0 Å². The average molecular weight is 272 g/mol. The summed E-state index contributed by atoms with van der Waals surface area (Å²) >= 11 is 0. The minimum absolute atomic E-state index is 0. The number of carbonyl (C=O) groups is 1. The molecule has 0 fully saturated rings. The van der Waals surface area contributed by atoms with E-state index in [0.29, 0.717) is 13.0 Å². The number of ether oxygens (including phenoxy) is 1. The van der Waals surface area contributed by atoms with E-state index in [0.717, 1.165) is 19.3 Å². The fourth-order valence-electron chi connectivity index (χ4n) is 1.71. The third-order valence-corrected chi connectivity index (χ3v) is 2.66. The van der Waals surface area contributed by atoms with Gasteiger partial charge in [-0.2, -0.15) is 0 Å². The van der Waals surface area contributed by atoms with Crippen LogP contribution in [0, 0.1) is 0 Å². The third-order valence-electron chi connectivity index (χ3n) is 2.66. The Morgan fingerprint density at radius 1 is 1.28 bits per heavy atom. The number of halogens is 1. The molecule has 4 heteroatoms. The fraction of sp³-hybridized carbons (Fsp3) is 0.500. The number of rotatable bonds is 7. The van der Waals surface area contributed by atoms with Gasteiger partial charge in [-0.05, 0) is 31.7 Å². The zero-order valence-electron chi connectivity index (χ0n) is 10.8. The van der Waals surface area contributed by atoms with Crippen LogP contribution >= 0.6 is 12.4 Å². The van der Waals surface area contributed by atoms with Crippen LogP contribution in [0.1, 0.15) is 31.7 Å². The summed E-state index contributed by atoms with van der Waals surface area (Å²) in [6.07, 6.45) is 3.74. The maximum atomic E-state index is 11.3. The zero-order chi connectivity index (χ0) is 12.5. The Labute approximate surface area is 115 Å². The van der Waals surface area contributed by atoms with Gasteiger partial charge >= 0.3 is 5.97 Å². The van der Waals surface area contributed by atoms with Crippen LogP contribution in [0.25, 0.3) is 0 Å². The molecular weight excluding hydrogens is 250 g/mol. The highest BCUT2D eigenvalue weighted by atomic mass is 35.5. The van der Waals surface area contributed by atoms with E-state index < -0.39 is 6.04 Å². The van der Waals surface area contributed by atoms with Crippen LogP contribution in [-0.4, -0.2) is 18.6 Å². The molecule has 0 saturated carbocycles. The van der Waals surface area contributed by atoms with Gasteiger partial charge in [-0.1, -0.05) is 36.8 Å². The molecule has 2 N–H and O–H groups in total. The summed E-state index contributed by atoms with van der Waals surface area (Å²) in [6, 6.07) is 9.86. The molecule has 0 aliphatic heterocycles. The van der Waals surface area contributed by atoms with Crippen molar-refractivity contribution >= 4 is 18.4 Å². The summed E-state index contributed by atoms with van der Waals surface area (Å²) in [5.41, 5.74) is 7.04. The Morgan fingerprint density at radius 3 is 2.56 bits per heavy atom. The molecule has 0 saturated heterocycles. The van der Waals surface area contributed by atoms with Gasteiger partial charge in [-0.3, -0.25) is 4.79 Å². The van der Waals surface area contributed by atoms with Gasteiger partial charge in [0.05, 0.1) is 6.61 Å². The topological polar surface area (TPSA) is 52.3 Å². The van der Waals surface area contributed by atoms with Crippen molar-refractivity contribution in [2.24, 2.45) is 5.73 Å². The highest BCUT2D eigenvalue weighted by molar-refractivity contribution is 5.85. The molecular formula is C14H22ClNO2. The number of benzene rings is 1. The molecule has 0 heterocycles. The molecule has 0 bridgehead atoms. The standard InChI is InChI=1S/C14H21NO2.ClH/c1-2-17-14(16)13(15)11-7-6-10-12-8-4-3-5-9-12;/h3-5,8-9,13H,2,6-7,10-11,15H2,1H3;1H. The third kappa shape index (κ3) is 6.62. The summed E-state index contributed by atoms with van der Waals surface area (Å²) in [7, 11) is 0. The first kappa shape index (κ1) is 16.9. The van der Waals surface area contributed by atoms with Crippen LogP contribution in [-0.2, 0) is 16.0 Å². The first-order valence-electron chi connectivity index (χ1n) is 6.20. The second-order valence-electron chi connectivity index (χ2n) is 4.09. The van der Waals surface area contributed by atoms with Crippen LogP contribution in [0.2, 0.25) is 0 Å². The molecule has 0 amide bonds. The van der Waals surface area contributed by atoms with Gasteiger partial charge in [0, 0.05) is 0 Å². The van der Waals surface area contributed by atoms with Gasteiger partial charge in [-0.15, -0.1) is 12.4 Å². The number of aryl methyl sites for hydroxylation is 1. The lowest BCUT2D eigenvalue weighted by Crippen LogP contribution is -2.32. The predicted molar refractivity (Wildman–Crippen MR) is 75.9 cm³/mol. The van der Waals surface area contributed by atoms with Gasteiger partial charge in [0.1, 0.15) is 6.04 Å². The number of carbonyl (C=O) groups excluding carboxylic acids is 1. The molecule has 1 aromatic rings. The van der Waals surface area contributed by atoms with E-state index in [1.807, 2.05) is 18.2 Å². The highest BCUT2D eigenvalue weighted by Crippen LogP contribution is 2.07. The minimum atomic E-state index is -0.467. The van der Waals surface area contributed by atoms with E-state index in [2.05, 4.69) is 12.1 Å². The normalized spacial score (nSPS) is 11.4. The van der Waals surface area contributed by atoms with E-state index >= 15 is 0 Å². The summed E-state index contributed by atoms with van der Waals surface area (Å²) < 4.78 is 4.86. The van der Waals surface area contributed by atoms with Crippen LogP contribution in [0.3, 0.4) is 0 Å². The highest BCUT2D eigenvalue weighted by Gasteiger charge is 2.13. The maximum Gasteiger partial charge on any atom is 0.322 e. The lowest BCUT2D eigenvalue weighted by Gasteiger charge is -2.09. The van der Waals surface area contributed by atoms with Crippen molar-refractivity contribution < 1.29 is 9.53 Å². The van der Waals surface area contributed by atoms with E-state index in [1.54, 1.807) is 6.92 Å². The van der Waals surface area contributed by atoms with Crippen LogP contribution in [0.5, 0.6) is 0 Å². The average Bonchev–Trinajstić information content (AvgIpc) is 2.36. The van der Waals surface area contributed by atoms with Gasteiger partial charge < -0.3 is 10.5 Å². The molecule has 18 heavy (non-hydrogen) atoms. The largest absolute Gasteiger partial charge is 0.465 e.